The van der Waals surface area contributed by atoms with Gasteiger partial charge in [0.1, 0.15) is 0 Å². The second-order valence-corrected chi connectivity index (χ2v) is 7.38. The summed E-state index contributed by atoms with van der Waals surface area (Å²) in [6.07, 6.45) is -6.48. The SMILES string of the molecule is CC1(C(F)(F)F)OC(=O)N(c2ccc(Sc3ccc(N)cc3)cc2Cl)C1=O. The van der Waals surface area contributed by atoms with E-state index in [2.05, 4.69) is 4.74 Å². The van der Waals surface area contributed by atoms with Gasteiger partial charge in [-0.3, -0.25) is 4.79 Å². The molecule has 0 aliphatic carbocycles. The first-order valence-corrected chi connectivity index (χ1v) is 8.69. The number of ether oxygens (including phenoxy) is 1. The van der Waals surface area contributed by atoms with Crippen LogP contribution in [0.15, 0.2) is 52.3 Å². The topological polar surface area (TPSA) is 72.6 Å². The lowest BCUT2D eigenvalue weighted by molar-refractivity contribution is -0.234. The molecule has 0 aromatic heterocycles. The van der Waals surface area contributed by atoms with E-state index >= 15 is 0 Å². The summed E-state index contributed by atoms with van der Waals surface area (Å²) in [6, 6.07) is 11.3. The van der Waals surface area contributed by atoms with Gasteiger partial charge < -0.3 is 10.5 Å². The van der Waals surface area contributed by atoms with E-state index in [1.807, 2.05) is 0 Å². The molecule has 1 atom stereocenters. The lowest BCUT2D eigenvalue weighted by Crippen LogP contribution is -2.50. The van der Waals surface area contributed by atoms with E-state index in [1.54, 1.807) is 24.3 Å². The van der Waals surface area contributed by atoms with Crippen molar-refractivity contribution in [2.75, 3.05) is 10.6 Å². The molecule has 2 aromatic rings. The molecule has 5 nitrogen and oxygen atoms in total. The van der Waals surface area contributed by atoms with Crippen molar-refractivity contribution >= 4 is 46.7 Å². The molecular formula is C17H12ClF3N2O3S. The molecule has 1 aliphatic rings. The number of rotatable bonds is 3. The fourth-order valence-electron chi connectivity index (χ4n) is 2.35. The van der Waals surface area contributed by atoms with Gasteiger partial charge in [0, 0.05) is 15.5 Å². The highest BCUT2D eigenvalue weighted by Crippen LogP contribution is 2.43. The average molecular weight is 417 g/mol. The summed E-state index contributed by atoms with van der Waals surface area (Å²) in [4.78, 5) is 26.0. The summed E-state index contributed by atoms with van der Waals surface area (Å²) in [5.41, 5.74) is 2.80. The summed E-state index contributed by atoms with van der Waals surface area (Å²) >= 11 is 7.45. The minimum atomic E-state index is -5.05. The fraction of sp³-hybridized carbons (Fsp3) is 0.176. The third-order valence-electron chi connectivity index (χ3n) is 3.90. The molecule has 0 saturated carbocycles. The van der Waals surface area contributed by atoms with Gasteiger partial charge in [0.2, 0.25) is 0 Å². The third kappa shape index (κ3) is 3.44. The van der Waals surface area contributed by atoms with Crippen LogP contribution in [-0.2, 0) is 9.53 Å². The maximum Gasteiger partial charge on any atom is 0.437 e. The molecule has 1 fully saturated rings. The number of benzene rings is 2. The first-order valence-electron chi connectivity index (χ1n) is 7.50. The Morgan fingerprint density at radius 2 is 1.70 bits per heavy atom. The second kappa shape index (κ2) is 6.65. The van der Waals surface area contributed by atoms with Crippen molar-refractivity contribution in [2.24, 2.45) is 0 Å². The predicted molar refractivity (Wildman–Crippen MR) is 94.9 cm³/mol. The number of anilines is 2. The van der Waals surface area contributed by atoms with Crippen molar-refractivity contribution in [2.45, 2.75) is 28.5 Å². The van der Waals surface area contributed by atoms with E-state index < -0.39 is 23.8 Å². The van der Waals surface area contributed by atoms with Gasteiger partial charge in [-0.1, -0.05) is 23.4 Å². The molecule has 1 heterocycles. The van der Waals surface area contributed by atoms with Crippen molar-refractivity contribution in [3.8, 4) is 0 Å². The van der Waals surface area contributed by atoms with Gasteiger partial charge in [0.05, 0.1) is 10.7 Å². The number of carbonyl (C=O) groups excluding carboxylic acids is 2. The molecule has 0 radical (unpaired) electrons. The number of halogens is 4. The normalized spacial score (nSPS) is 20.1. The second-order valence-electron chi connectivity index (χ2n) is 5.82. The molecular weight excluding hydrogens is 405 g/mol. The first-order chi connectivity index (χ1) is 12.5. The number of imide groups is 1. The molecule has 1 unspecified atom stereocenters. The standard InChI is InChI=1S/C17H12ClF3N2O3S/c1-16(17(19,20)21)14(24)23(15(25)26-16)13-7-6-11(8-12(13)18)27-10-4-2-9(22)3-5-10/h2-8H,22H2,1H3. The van der Waals surface area contributed by atoms with Crippen molar-refractivity contribution in [1.82, 2.24) is 0 Å². The zero-order chi connectivity index (χ0) is 20.0. The third-order valence-corrected chi connectivity index (χ3v) is 5.20. The van der Waals surface area contributed by atoms with Crippen molar-refractivity contribution in [1.29, 1.82) is 0 Å². The van der Waals surface area contributed by atoms with E-state index in [9.17, 15) is 22.8 Å². The van der Waals surface area contributed by atoms with E-state index in [1.165, 1.54) is 30.0 Å². The Labute approximate surface area is 161 Å². The number of hydrogen-bond acceptors (Lipinski definition) is 5. The lowest BCUT2D eigenvalue weighted by Gasteiger charge is -2.22. The number of nitrogens with two attached hydrogens (primary N) is 1. The quantitative estimate of drug-likeness (QED) is 0.722. The fourth-order valence-corrected chi connectivity index (χ4v) is 3.54. The van der Waals surface area contributed by atoms with Crippen LogP contribution in [0.2, 0.25) is 5.02 Å². The largest absolute Gasteiger partial charge is 0.437 e. The summed E-state index contributed by atoms with van der Waals surface area (Å²) in [5.74, 6) is -1.54. The van der Waals surface area contributed by atoms with Crippen molar-refractivity contribution in [3.63, 3.8) is 0 Å². The minimum Gasteiger partial charge on any atom is -0.422 e. The number of hydrogen-bond donors (Lipinski definition) is 1. The average Bonchev–Trinajstić information content (AvgIpc) is 2.80. The number of cyclic esters (lactones) is 1. The Morgan fingerprint density at radius 3 is 2.22 bits per heavy atom. The number of alkyl halides is 3. The number of nitrogens with zero attached hydrogens (tertiary/aromatic N) is 1. The van der Waals surface area contributed by atoms with Crippen molar-refractivity contribution in [3.05, 3.63) is 47.5 Å². The van der Waals surface area contributed by atoms with Gasteiger partial charge in [-0.15, -0.1) is 0 Å². The minimum absolute atomic E-state index is 0.0628. The molecule has 0 bridgehead atoms. The van der Waals surface area contributed by atoms with Crippen LogP contribution in [0.4, 0.5) is 29.3 Å². The summed E-state index contributed by atoms with van der Waals surface area (Å²) in [5, 5.41) is -0.0628. The maximum absolute atomic E-state index is 13.1. The predicted octanol–water partition coefficient (Wildman–Crippen LogP) is 4.88. The van der Waals surface area contributed by atoms with Gasteiger partial charge >= 0.3 is 12.3 Å². The Kier molecular flexibility index (Phi) is 4.77. The van der Waals surface area contributed by atoms with Crippen LogP contribution in [0.5, 0.6) is 0 Å². The Hall–Kier alpha value is -2.39. The molecule has 1 saturated heterocycles. The molecule has 2 N–H and O–H groups in total. The smallest absolute Gasteiger partial charge is 0.422 e. The van der Waals surface area contributed by atoms with Crippen LogP contribution in [0.3, 0.4) is 0 Å². The molecule has 0 spiro atoms. The monoisotopic (exact) mass is 416 g/mol. The molecule has 2 amide bonds. The maximum atomic E-state index is 13.1. The van der Waals surface area contributed by atoms with Gasteiger partial charge in [0.15, 0.2) is 0 Å². The summed E-state index contributed by atoms with van der Waals surface area (Å²) in [6.45, 7) is 0.506. The van der Waals surface area contributed by atoms with Crippen molar-refractivity contribution < 1.29 is 27.5 Å². The van der Waals surface area contributed by atoms with Gasteiger partial charge in [-0.2, -0.15) is 13.2 Å². The zero-order valence-electron chi connectivity index (χ0n) is 13.7. The Balaban J connectivity index is 1.89. The molecule has 27 heavy (non-hydrogen) atoms. The van der Waals surface area contributed by atoms with E-state index in [0.717, 1.165) is 4.90 Å². The first kappa shape index (κ1) is 19.4. The van der Waals surface area contributed by atoms with Crippen LogP contribution in [0, 0.1) is 0 Å². The molecule has 2 aromatic carbocycles. The van der Waals surface area contributed by atoms with Crippen LogP contribution < -0.4 is 10.6 Å². The van der Waals surface area contributed by atoms with Gasteiger partial charge in [-0.25, -0.2) is 9.69 Å². The Morgan fingerprint density at radius 1 is 1.11 bits per heavy atom. The zero-order valence-corrected chi connectivity index (χ0v) is 15.3. The Bertz CT molecular complexity index is 921. The summed E-state index contributed by atoms with van der Waals surface area (Å²) in [7, 11) is 0. The van der Waals surface area contributed by atoms with Crippen LogP contribution in [0.1, 0.15) is 6.92 Å². The number of carbonyl (C=O) groups is 2. The molecule has 3 rings (SSSR count). The highest BCUT2D eigenvalue weighted by atomic mass is 35.5. The lowest BCUT2D eigenvalue weighted by atomic mass is 10.1. The molecule has 1 aliphatic heterocycles. The highest BCUT2D eigenvalue weighted by Gasteiger charge is 2.67. The van der Waals surface area contributed by atoms with Crippen LogP contribution in [-0.4, -0.2) is 23.8 Å². The molecule has 10 heteroatoms. The molecule has 142 valence electrons. The van der Waals surface area contributed by atoms with Gasteiger partial charge in [-0.05, 0) is 49.4 Å². The number of nitrogen functional groups attached to an aromatic ring is 1. The van der Waals surface area contributed by atoms with Gasteiger partial charge in [0.25, 0.3) is 11.5 Å². The summed E-state index contributed by atoms with van der Waals surface area (Å²) < 4.78 is 43.7. The van der Waals surface area contributed by atoms with E-state index in [0.29, 0.717) is 22.4 Å². The van der Waals surface area contributed by atoms with Crippen LogP contribution >= 0.6 is 23.4 Å². The van der Waals surface area contributed by atoms with E-state index in [-0.39, 0.29) is 10.7 Å². The number of amides is 2. The van der Waals surface area contributed by atoms with Crippen LogP contribution in [0.25, 0.3) is 0 Å². The van der Waals surface area contributed by atoms with E-state index in [4.69, 9.17) is 17.3 Å². The highest BCUT2D eigenvalue weighted by molar-refractivity contribution is 7.99.